The van der Waals surface area contributed by atoms with Crippen LogP contribution in [0.4, 0.5) is 0 Å². The molecule has 0 aliphatic carbocycles. The Morgan fingerprint density at radius 1 is 0.955 bits per heavy atom. The van der Waals surface area contributed by atoms with Crippen molar-refractivity contribution in [2.45, 2.75) is 12.5 Å². The Bertz CT molecular complexity index is 681. The zero-order chi connectivity index (χ0) is 14.8. The molecular weight excluding hydrogens is 272 g/mol. The van der Waals surface area contributed by atoms with Crippen LogP contribution in [0, 0.1) is 5.92 Å². The highest BCUT2D eigenvalue weighted by molar-refractivity contribution is 5.36. The first-order valence-corrected chi connectivity index (χ1v) is 7.87. The number of hydrogen-bond acceptors (Lipinski definition) is 3. The van der Waals surface area contributed by atoms with E-state index in [0.717, 1.165) is 31.0 Å². The highest BCUT2D eigenvalue weighted by atomic mass is 16.5. The average Bonchev–Trinajstić information content (AvgIpc) is 3.14. The van der Waals surface area contributed by atoms with Gasteiger partial charge >= 0.3 is 0 Å². The van der Waals surface area contributed by atoms with Crippen molar-refractivity contribution in [2.24, 2.45) is 5.92 Å². The first-order chi connectivity index (χ1) is 10.9. The smallest absolute Gasteiger partial charge is 0.127 e. The third kappa shape index (κ3) is 2.72. The first-order valence-electron chi connectivity index (χ1n) is 7.87. The first kappa shape index (κ1) is 13.4. The molecule has 0 radical (unpaired) electrons. The van der Waals surface area contributed by atoms with Crippen LogP contribution in [0.3, 0.4) is 0 Å². The molecule has 1 saturated heterocycles. The Morgan fingerprint density at radius 3 is 2.73 bits per heavy atom. The predicted octanol–water partition coefficient (Wildman–Crippen LogP) is 3.10. The summed E-state index contributed by atoms with van der Waals surface area (Å²) in [6, 6.07) is 18.8. The highest BCUT2D eigenvalue weighted by Crippen LogP contribution is 2.28. The number of fused-ring (bicyclic) bond motifs is 1. The molecule has 3 nitrogen and oxygen atoms in total. The van der Waals surface area contributed by atoms with Gasteiger partial charge in [-0.2, -0.15) is 0 Å². The lowest BCUT2D eigenvalue weighted by atomic mass is 9.96. The van der Waals surface area contributed by atoms with Crippen molar-refractivity contribution in [1.29, 1.82) is 0 Å². The predicted molar refractivity (Wildman–Crippen MR) is 88.0 cm³/mol. The van der Waals surface area contributed by atoms with Gasteiger partial charge in [0, 0.05) is 25.0 Å². The lowest BCUT2D eigenvalue weighted by molar-refractivity contribution is 0.481. The highest BCUT2D eigenvalue weighted by Gasteiger charge is 2.32. The van der Waals surface area contributed by atoms with Crippen LogP contribution in [0.15, 0.2) is 66.4 Å². The summed E-state index contributed by atoms with van der Waals surface area (Å²) in [7, 11) is 0. The zero-order valence-electron chi connectivity index (χ0n) is 12.5. The molecule has 4 rings (SSSR count). The number of rotatable bonds is 4. The van der Waals surface area contributed by atoms with E-state index in [1.54, 1.807) is 0 Å². The number of ether oxygens (including phenoxy) is 1. The Labute approximate surface area is 131 Å². The van der Waals surface area contributed by atoms with Crippen LogP contribution in [0.5, 0.6) is 11.5 Å². The van der Waals surface area contributed by atoms with Gasteiger partial charge in [-0.25, -0.2) is 0 Å². The average molecular weight is 292 g/mol. The van der Waals surface area contributed by atoms with E-state index in [1.807, 2.05) is 36.4 Å². The monoisotopic (exact) mass is 292 g/mol. The second-order valence-corrected chi connectivity index (χ2v) is 5.98. The molecule has 0 amide bonds. The van der Waals surface area contributed by atoms with E-state index in [4.69, 9.17) is 4.74 Å². The van der Waals surface area contributed by atoms with Crippen LogP contribution < -0.4 is 15.4 Å². The number of hydrogen-bond donors (Lipinski definition) is 2. The molecule has 0 saturated carbocycles. The van der Waals surface area contributed by atoms with Gasteiger partial charge < -0.3 is 15.4 Å². The van der Waals surface area contributed by atoms with Crippen LogP contribution in [-0.2, 0) is 6.42 Å². The van der Waals surface area contributed by atoms with Crippen molar-refractivity contribution in [3.05, 3.63) is 71.9 Å². The number of para-hydroxylation sites is 1. The Kier molecular flexibility index (Phi) is 3.57. The molecule has 2 N–H and O–H groups in total. The standard InChI is InChI=1S/C19H20N2O/c1-2-6-16(7-3-1)22-17-8-4-5-14(9-17)10-19-18-13-20-11-15(18)12-21-19/h1-9,13,15,19-21H,10-12H2. The minimum absolute atomic E-state index is 0.451. The molecule has 22 heavy (non-hydrogen) atoms. The summed E-state index contributed by atoms with van der Waals surface area (Å²) in [6.07, 6.45) is 3.20. The molecule has 2 heterocycles. The Morgan fingerprint density at radius 2 is 1.82 bits per heavy atom. The fourth-order valence-electron chi connectivity index (χ4n) is 3.32. The van der Waals surface area contributed by atoms with Crippen molar-refractivity contribution in [1.82, 2.24) is 10.6 Å². The molecular formula is C19H20N2O. The molecule has 0 bridgehead atoms. The van der Waals surface area contributed by atoms with Crippen molar-refractivity contribution in [2.75, 3.05) is 13.1 Å². The molecule has 0 spiro atoms. The Hall–Kier alpha value is -2.26. The third-order valence-electron chi connectivity index (χ3n) is 4.43. The molecule has 2 aromatic carbocycles. The summed E-state index contributed by atoms with van der Waals surface area (Å²) in [4.78, 5) is 0. The normalized spacial score (nSPS) is 22.8. The van der Waals surface area contributed by atoms with Crippen LogP contribution in [0.25, 0.3) is 0 Å². The zero-order valence-corrected chi connectivity index (χ0v) is 12.5. The van der Waals surface area contributed by atoms with Crippen LogP contribution in [-0.4, -0.2) is 19.1 Å². The van der Waals surface area contributed by atoms with E-state index in [2.05, 4.69) is 35.0 Å². The van der Waals surface area contributed by atoms with Gasteiger partial charge in [0.05, 0.1) is 0 Å². The molecule has 0 aromatic heterocycles. The van der Waals surface area contributed by atoms with Crippen LogP contribution in [0.1, 0.15) is 5.56 Å². The maximum atomic E-state index is 5.92. The van der Waals surface area contributed by atoms with Gasteiger partial charge in [-0.1, -0.05) is 30.3 Å². The van der Waals surface area contributed by atoms with E-state index in [9.17, 15) is 0 Å². The van der Waals surface area contributed by atoms with Crippen molar-refractivity contribution < 1.29 is 4.74 Å². The summed E-state index contributed by atoms with van der Waals surface area (Å²) < 4.78 is 5.92. The summed E-state index contributed by atoms with van der Waals surface area (Å²) in [5.74, 6) is 2.45. The quantitative estimate of drug-likeness (QED) is 0.908. The van der Waals surface area contributed by atoms with Gasteiger partial charge in [0.15, 0.2) is 0 Å². The fraction of sp³-hybridized carbons (Fsp3) is 0.263. The lowest BCUT2D eigenvalue weighted by Gasteiger charge is -2.13. The van der Waals surface area contributed by atoms with Crippen molar-refractivity contribution in [3.8, 4) is 11.5 Å². The molecule has 112 valence electrons. The SMILES string of the molecule is C1=C2C(CN1)CNC2Cc1cccc(Oc2ccccc2)c1. The number of benzene rings is 2. The molecule has 2 aliphatic rings. The summed E-state index contributed by atoms with van der Waals surface area (Å²) in [5.41, 5.74) is 2.83. The topological polar surface area (TPSA) is 33.3 Å². The summed E-state index contributed by atoms with van der Waals surface area (Å²) >= 11 is 0. The van der Waals surface area contributed by atoms with E-state index < -0.39 is 0 Å². The fourth-order valence-corrected chi connectivity index (χ4v) is 3.32. The molecule has 2 aromatic rings. The largest absolute Gasteiger partial charge is 0.457 e. The van der Waals surface area contributed by atoms with Gasteiger partial charge in [-0.3, -0.25) is 0 Å². The van der Waals surface area contributed by atoms with E-state index in [-0.39, 0.29) is 0 Å². The van der Waals surface area contributed by atoms with Crippen molar-refractivity contribution in [3.63, 3.8) is 0 Å². The van der Waals surface area contributed by atoms with Crippen LogP contribution in [0.2, 0.25) is 0 Å². The third-order valence-corrected chi connectivity index (χ3v) is 4.43. The lowest BCUT2D eigenvalue weighted by Crippen LogP contribution is -2.26. The summed E-state index contributed by atoms with van der Waals surface area (Å²) in [6.45, 7) is 2.17. The second kappa shape index (κ2) is 5.85. The molecule has 1 fully saturated rings. The van der Waals surface area contributed by atoms with Gasteiger partial charge in [0.1, 0.15) is 11.5 Å². The maximum Gasteiger partial charge on any atom is 0.127 e. The van der Waals surface area contributed by atoms with Gasteiger partial charge in [0.2, 0.25) is 0 Å². The molecule has 2 aliphatic heterocycles. The minimum atomic E-state index is 0.451. The van der Waals surface area contributed by atoms with Gasteiger partial charge in [0.25, 0.3) is 0 Å². The van der Waals surface area contributed by atoms with Crippen molar-refractivity contribution >= 4 is 0 Å². The summed E-state index contributed by atoms with van der Waals surface area (Å²) in [5, 5.41) is 6.98. The van der Waals surface area contributed by atoms with E-state index in [1.165, 1.54) is 11.1 Å². The second-order valence-electron chi connectivity index (χ2n) is 5.98. The minimum Gasteiger partial charge on any atom is -0.457 e. The maximum absolute atomic E-state index is 5.92. The molecule has 2 atom stereocenters. The van der Waals surface area contributed by atoms with Crippen LogP contribution >= 0.6 is 0 Å². The Balaban J connectivity index is 1.48. The van der Waals surface area contributed by atoms with E-state index in [0.29, 0.717) is 12.0 Å². The number of nitrogens with one attached hydrogen (secondary N) is 2. The molecule has 3 heteroatoms. The van der Waals surface area contributed by atoms with Gasteiger partial charge in [-0.05, 0) is 48.0 Å². The van der Waals surface area contributed by atoms with E-state index >= 15 is 0 Å². The molecule has 2 unspecified atom stereocenters. The van der Waals surface area contributed by atoms with Gasteiger partial charge in [-0.15, -0.1) is 0 Å².